The van der Waals surface area contributed by atoms with Crippen molar-refractivity contribution in [1.29, 1.82) is 5.26 Å². The zero-order chi connectivity index (χ0) is 8.27. The van der Waals surface area contributed by atoms with Gasteiger partial charge in [-0.3, -0.25) is 0 Å². The number of fused-ring (bicyclic) bond motifs is 1. The molecule has 2 aliphatic carbocycles. The molecular formula is C7H5BNO2. The summed E-state index contributed by atoms with van der Waals surface area (Å²) in [6, 6.07) is 7.93. The Bertz CT molecular complexity index is 306. The molecular weight excluding hydrogens is 141 g/mol. The molecule has 0 aromatic heterocycles. The lowest BCUT2D eigenvalue weighted by molar-refractivity contribution is 0.448. The van der Waals surface area contributed by atoms with E-state index >= 15 is 0 Å². The standard InChI is InChI=1S/C7H3N.BH2O2/c8-4-6-2-1-5-3-7(5)6;2-1-3/h1-3H;2-3H. The Balaban J connectivity index is 0.000000179. The van der Waals surface area contributed by atoms with Crippen molar-refractivity contribution in [3.05, 3.63) is 23.8 Å². The molecule has 0 saturated heterocycles. The molecule has 0 atom stereocenters. The third-order valence-electron chi connectivity index (χ3n) is 1.37. The van der Waals surface area contributed by atoms with E-state index in [0.29, 0.717) is 0 Å². The largest absolute Gasteiger partial charge is 0.482 e. The molecule has 0 fully saturated rings. The first kappa shape index (κ1) is 7.80. The van der Waals surface area contributed by atoms with Crippen molar-refractivity contribution in [2.75, 3.05) is 0 Å². The Hall–Kier alpha value is -1.31. The Morgan fingerprint density at radius 3 is 2.18 bits per heavy atom. The molecule has 0 bridgehead atoms. The van der Waals surface area contributed by atoms with E-state index in [1.54, 1.807) is 0 Å². The van der Waals surface area contributed by atoms with E-state index in [0.717, 1.165) is 11.1 Å². The Labute approximate surface area is 64.8 Å². The second kappa shape index (κ2) is 3.19. The van der Waals surface area contributed by atoms with E-state index in [2.05, 4.69) is 6.07 Å². The summed E-state index contributed by atoms with van der Waals surface area (Å²) in [5.41, 5.74) is 3.20. The normalized spacial score (nSPS) is 8.82. The van der Waals surface area contributed by atoms with E-state index < -0.39 is 0 Å². The molecule has 3 nitrogen and oxygen atoms in total. The second-order valence-electron chi connectivity index (χ2n) is 1.99. The maximum Gasteiger partial charge on any atom is 0.482 e. The maximum atomic E-state index is 8.37. The summed E-state index contributed by atoms with van der Waals surface area (Å²) in [5.74, 6) is 0. The summed E-state index contributed by atoms with van der Waals surface area (Å²) >= 11 is 0. The average molecular weight is 146 g/mol. The first-order valence-corrected chi connectivity index (χ1v) is 2.98. The van der Waals surface area contributed by atoms with Gasteiger partial charge in [-0.1, -0.05) is 6.07 Å². The Morgan fingerprint density at radius 2 is 2.00 bits per heavy atom. The molecule has 2 rings (SSSR count). The van der Waals surface area contributed by atoms with Crippen LogP contribution in [0, 0.1) is 11.3 Å². The number of rotatable bonds is 0. The minimum atomic E-state index is 0. The number of hydrogen-bond acceptors (Lipinski definition) is 3. The van der Waals surface area contributed by atoms with E-state index in [1.165, 1.54) is 5.56 Å². The smallest absolute Gasteiger partial charge is 0.429 e. The fourth-order valence-corrected chi connectivity index (χ4v) is 0.851. The summed E-state index contributed by atoms with van der Waals surface area (Å²) in [6.07, 6.45) is 0. The van der Waals surface area contributed by atoms with E-state index in [4.69, 9.17) is 15.3 Å². The second-order valence-corrected chi connectivity index (χ2v) is 1.99. The van der Waals surface area contributed by atoms with Gasteiger partial charge in [0.15, 0.2) is 0 Å². The highest BCUT2D eigenvalue weighted by Crippen LogP contribution is 2.37. The van der Waals surface area contributed by atoms with Crippen LogP contribution in [0.3, 0.4) is 0 Å². The number of benzene rings is 1. The molecule has 53 valence electrons. The lowest BCUT2D eigenvalue weighted by atomic mass is 10.3. The van der Waals surface area contributed by atoms with Crippen LogP contribution >= 0.6 is 0 Å². The fourth-order valence-electron chi connectivity index (χ4n) is 0.851. The van der Waals surface area contributed by atoms with Crippen molar-refractivity contribution in [3.63, 3.8) is 0 Å². The quantitative estimate of drug-likeness (QED) is 0.515. The molecule has 11 heavy (non-hydrogen) atoms. The summed E-state index contributed by atoms with van der Waals surface area (Å²) < 4.78 is 0. The zero-order valence-electron chi connectivity index (χ0n) is 5.65. The van der Waals surface area contributed by atoms with Crippen molar-refractivity contribution in [2.24, 2.45) is 0 Å². The highest BCUT2D eigenvalue weighted by Gasteiger charge is 2.15. The van der Waals surface area contributed by atoms with Crippen molar-refractivity contribution in [3.8, 4) is 17.2 Å². The summed E-state index contributed by atoms with van der Waals surface area (Å²) in [7, 11) is 0. The number of hydrogen-bond donors (Lipinski definition) is 2. The predicted octanol–water partition coefficient (Wildman–Crippen LogP) is 0.0439. The van der Waals surface area contributed by atoms with Gasteiger partial charge in [-0.2, -0.15) is 5.26 Å². The van der Waals surface area contributed by atoms with Crippen LogP contribution in [0.2, 0.25) is 0 Å². The van der Waals surface area contributed by atoms with Crippen molar-refractivity contribution < 1.29 is 10.0 Å². The third kappa shape index (κ3) is 1.58. The molecule has 0 saturated carbocycles. The predicted molar refractivity (Wildman–Crippen MR) is 40.3 cm³/mol. The van der Waals surface area contributed by atoms with Gasteiger partial charge in [-0.15, -0.1) is 0 Å². The molecule has 0 heterocycles. The molecule has 4 heteroatoms. The first-order valence-electron chi connectivity index (χ1n) is 2.98. The van der Waals surface area contributed by atoms with Gasteiger partial charge in [-0.05, 0) is 17.7 Å². The molecule has 2 aliphatic rings. The summed E-state index contributed by atoms with van der Waals surface area (Å²) in [4.78, 5) is 0. The molecule has 0 spiro atoms. The molecule has 0 unspecified atom stereocenters. The van der Waals surface area contributed by atoms with Crippen LogP contribution in [0.5, 0.6) is 0 Å². The van der Waals surface area contributed by atoms with Gasteiger partial charge in [0.25, 0.3) is 0 Å². The molecule has 0 aromatic carbocycles. The molecule has 0 aromatic rings. The Morgan fingerprint density at radius 1 is 1.36 bits per heavy atom. The minimum absolute atomic E-state index is 0. The molecule has 2 N–H and O–H groups in total. The van der Waals surface area contributed by atoms with Crippen molar-refractivity contribution in [2.45, 2.75) is 0 Å². The SMILES string of the molecule is N#Cc1ccc2cc1-2.O[B]O. The van der Waals surface area contributed by atoms with Crippen molar-refractivity contribution >= 4 is 7.69 Å². The minimum Gasteiger partial charge on any atom is -0.429 e. The highest BCUT2D eigenvalue weighted by molar-refractivity contribution is 6.13. The lowest BCUT2D eigenvalue weighted by Crippen LogP contribution is -1.75. The topological polar surface area (TPSA) is 64.2 Å². The number of nitrogens with zero attached hydrogens (tertiary/aromatic N) is 1. The van der Waals surface area contributed by atoms with Crippen LogP contribution in [0.4, 0.5) is 0 Å². The van der Waals surface area contributed by atoms with Crippen LogP contribution in [0.1, 0.15) is 5.56 Å². The maximum absolute atomic E-state index is 8.37. The average Bonchev–Trinajstić information content (AvgIpc) is 2.66. The third-order valence-corrected chi connectivity index (χ3v) is 1.37. The molecule has 1 radical (unpaired) electrons. The fraction of sp³-hybridized carbons (Fsp3) is 0. The highest BCUT2D eigenvalue weighted by atomic mass is 16.4. The molecule has 0 aliphatic heterocycles. The van der Waals surface area contributed by atoms with Crippen LogP contribution in [0.15, 0.2) is 18.2 Å². The first-order chi connectivity index (χ1) is 5.33. The van der Waals surface area contributed by atoms with E-state index in [-0.39, 0.29) is 7.69 Å². The van der Waals surface area contributed by atoms with Gasteiger partial charge in [0.05, 0.1) is 11.6 Å². The summed E-state index contributed by atoms with van der Waals surface area (Å²) in [5, 5.41) is 22.4. The van der Waals surface area contributed by atoms with Crippen LogP contribution in [-0.4, -0.2) is 17.7 Å². The van der Waals surface area contributed by atoms with Gasteiger partial charge in [-0.25, -0.2) is 0 Å². The molecule has 0 amide bonds. The van der Waals surface area contributed by atoms with E-state index in [9.17, 15) is 0 Å². The Kier molecular flexibility index (Phi) is 2.26. The lowest BCUT2D eigenvalue weighted by Gasteiger charge is -1.68. The summed E-state index contributed by atoms with van der Waals surface area (Å²) in [6.45, 7) is 0. The van der Waals surface area contributed by atoms with Gasteiger partial charge in [0.2, 0.25) is 0 Å². The van der Waals surface area contributed by atoms with Crippen LogP contribution < -0.4 is 0 Å². The number of nitriles is 1. The van der Waals surface area contributed by atoms with Gasteiger partial charge in [0, 0.05) is 5.56 Å². The van der Waals surface area contributed by atoms with Gasteiger partial charge >= 0.3 is 7.69 Å². The van der Waals surface area contributed by atoms with E-state index in [1.807, 2.05) is 18.2 Å². The van der Waals surface area contributed by atoms with Crippen LogP contribution in [-0.2, 0) is 0 Å². The van der Waals surface area contributed by atoms with Gasteiger partial charge < -0.3 is 10.0 Å². The van der Waals surface area contributed by atoms with Gasteiger partial charge in [0.1, 0.15) is 0 Å². The zero-order valence-corrected chi connectivity index (χ0v) is 5.65. The van der Waals surface area contributed by atoms with Crippen molar-refractivity contribution in [1.82, 2.24) is 0 Å². The monoisotopic (exact) mass is 146 g/mol. The van der Waals surface area contributed by atoms with Crippen LogP contribution in [0.25, 0.3) is 11.1 Å².